The fourth-order valence-electron chi connectivity index (χ4n) is 3.21. The molecule has 0 aliphatic heterocycles. The van der Waals surface area contributed by atoms with E-state index in [0.29, 0.717) is 30.4 Å². The molecule has 0 atom stereocenters. The zero-order valence-corrected chi connectivity index (χ0v) is 18.3. The fraction of sp³-hybridized carbons (Fsp3) is 0.0741. The molecule has 1 N–H and O–H groups in total. The minimum atomic E-state index is -0.452. The number of nitrogens with one attached hydrogen (secondary N) is 1. The zero-order valence-electron chi connectivity index (χ0n) is 18.3. The van der Waals surface area contributed by atoms with Crippen molar-refractivity contribution in [2.75, 3.05) is 5.43 Å². The van der Waals surface area contributed by atoms with Crippen LogP contribution in [-0.2, 0) is 13.2 Å². The van der Waals surface area contributed by atoms with Gasteiger partial charge < -0.3 is 9.47 Å². The largest absolute Gasteiger partial charge is 0.485 e. The minimum absolute atomic E-state index is 0.0452. The molecule has 0 saturated carbocycles. The van der Waals surface area contributed by atoms with E-state index in [0.717, 1.165) is 16.7 Å². The highest BCUT2D eigenvalue weighted by molar-refractivity contribution is 5.81. The monoisotopic (exact) mass is 453 g/mol. The van der Waals surface area contributed by atoms with E-state index >= 15 is 0 Å². The topological polar surface area (TPSA) is 86.0 Å². The lowest BCUT2D eigenvalue weighted by Crippen LogP contribution is -2.01. The number of para-hydroxylation sites is 2. The average Bonchev–Trinajstić information content (AvgIpc) is 2.88. The number of nitro groups is 1. The maximum Gasteiger partial charge on any atom is 0.294 e. The van der Waals surface area contributed by atoms with Crippen LogP contribution < -0.4 is 14.9 Å². The van der Waals surface area contributed by atoms with Crippen LogP contribution in [0.4, 0.5) is 11.4 Å². The normalized spacial score (nSPS) is 10.7. The fourth-order valence-corrected chi connectivity index (χ4v) is 3.21. The summed E-state index contributed by atoms with van der Waals surface area (Å²) in [7, 11) is 0. The highest BCUT2D eigenvalue weighted by Gasteiger charge is 2.11. The van der Waals surface area contributed by atoms with Crippen molar-refractivity contribution in [1.29, 1.82) is 0 Å². The summed E-state index contributed by atoms with van der Waals surface area (Å²) < 4.78 is 12.1. The molecule has 0 bridgehead atoms. The summed E-state index contributed by atoms with van der Waals surface area (Å²) in [6.45, 7) is 0.798. The third kappa shape index (κ3) is 6.20. The summed E-state index contributed by atoms with van der Waals surface area (Å²) in [4.78, 5) is 10.7. The Balaban J connectivity index is 1.51. The van der Waals surface area contributed by atoms with Crippen LogP contribution >= 0.6 is 0 Å². The predicted octanol–water partition coefficient (Wildman–Crippen LogP) is 6.20. The number of hydrazone groups is 1. The zero-order chi connectivity index (χ0) is 23.6. The third-order valence-electron chi connectivity index (χ3n) is 4.94. The van der Waals surface area contributed by atoms with Crippen LogP contribution in [-0.4, -0.2) is 11.1 Å². The summed E-state index contributed by atoms with van der Waals surface area (Å²) in [6.07, 6.45) is 1.58. The van der Waals surface area contributed by atoms with Crippen LogP contribution in [0, 0.1) is 10.1 Å². The Morgan fingerprint density at radius 3 is 2.00 bits per heavy atom. The first-order valence-corrected chi connectivity index (χ1v) is 10.7. The Kier molecular flexibility index (Phi) is 7.48. The van der Waals surface area contributed by atoms with Gasteiger partial charge in [-0.25, -0.2) is 0 Å². The second-order valence-electron chi connectivity index (χ2n) is 7.40. The van der Waals surface area contributed by atoms with Crippen molar-refractivity contribution in [2.45, 2.75) is 13.2 Å². The van der Waals surface area contributed by atoms with E-state index in [1.807, 2.05) is 78.9 Å². The Morgan fingerprint density at radius 1 is 0.765 bits per heavy atom. The Hall–Kier alpha value is -4.65. The molecule has 4 rings (SSSR count). The number of hydrogen-bond donors (Lipinski definition) is 1. The smallest absolute Gasteiger partial charge is 0.294 e. The maximum absolute atomic E-state index is 11.2. The van der Waals surface area contributed by atoms with E-state index in [1.165, 1.54) is 6.07 Å². The highest BCUT2D eigenvalue weighted by Crippen LogP contribution is 2.30. The Bertz CT molecular complexity index is 1260. The SMILES string of the molecule is O=[N+]([O-])c1ccccc1N/N=C\c1ccc(OCc2ccccc2)c(OCc2ccccc2)c1. The number of ether oxygens (including phenoxy) is 2. The van der Waals surface area contributed by atoms with E-state index in [9.17, 15) is 10.1 Å². The molecule has 4 aromatic carbocycles. The second-order valence-corrected chi connectivity index (χ2v) is 7.40. The molecule has 0 aliphatic carbocycles. The molecule has 0 unspecified atom stereocenters. The van der Waals surface area contributed by atoms with Crippen molar-refractivity contribution in [2.24, 2.45) is 5.10 Å². The van der Waals surface area contributed by atoms with E-state index in [-0.39, 0.29) is 5.69 Å². The number of benzene rings is 4. The van der Waals surface area contributed by atoms with Gasteiger partial charge in [-0.1, -0.05) is 72.8 Å². The molecule has 0 aromatic heterocycles. The number of nitro benzene ring substituents is 1. The first-order chi connectivity index (χ1) is 16.7. The van der Waals surface area contributed by atoms with Crippen molar-refractivity contribution in [3.05, 3.63) is 130 Å². The lowest BCUT2D eigenvalue weighted by molar-refractivity contribution is -0.384. The lowest BCUT2D eigenvalue weighted by Gasteiger charge is -2.14. The van der Waals surface area contributed by atoms with E-state index in [2.05, 4.69) is 10.5 Å². The standard InChI is InChI=1S/C27H23N3O4/c31-30(32)25-14-8-7-13-24(25)29-28-18-23-15-16-26(33-19-21-9-3-1-4-10-21)27(17-23)34-20-22-11-5-2-6-12-22/h1-18,29H,19-20H2/b28-18-. The van der Waals surface area contributed by atoms with Crippen LogP contribution in [0.25, 0.3) is 0 Å². The summed E-state index contributed by atoms with van der Waals surface area (Å²) in [6, 6.07) is 31.6. The summed E-state index contributed by atoms with van der Waals surface area (Å²) in [5, 5.41) is 15.3. The minimum Gasteiger partial charge on any atom is -0.485 e. The van der Waals surface area contributed by atoms with Gasteiger partial charge in [-0.15, -0.1) is 0 Å². The molecular formula is C27H23N3O4. The van der Waals surface area contributed by atoms with E-state index < -0.39 is 4.92 Å². The molecule has 34 heavy (non-hydrogen) atoms. The summed E-state index contributed by atoms with van der Waals surface area (Å²) in [5.74, 6) is 1.19. The van der Waals surface area contributed by atoms with Gasteiger partial charge in [0.25, 0.3) is 5.69 Å². The second kappa shape index (κ2) is 11.3. The number of anilines is 1. The van der Waals surface area contributed by atoms with Gasteiger partial charge in [0.05, 0.1) is 11.1 Å². The molecule has 7 heteroatoms. The van der Waals surface area contributed by atoms with Gasteiger partial charge in [-0.05, 0) is 41.0 Å². The number of nitrogens with zero attached hydrogens (tertiary/aromatic N) is 2. The van der Waals surface area contributed by atoms with Crippen LogP contribution in [0.2, 0.25) is 0 Å². The van der Waals surface area contributed by atoms with Crippen LogP contribution in [0.3, 0.4) is 0 Å². The summed E-state index contributed by atoms with van der Waals surface area (Å²) >= 11 is 0. The lowest BCUT2D eigenvalue weighted by atomic mass is 10.2. The van der Waals surface area contributed by atoms with Crippen molar-refractivity contribution >= 4 is 17.6 Å². The molecule has 170 valence electrons. The van der Waals surface area contributed by atoms with Gasteiger partial charge >= 0.3 is 0 Å². The Labute approximate surface area is 197 Å². The average molecular weight is 453 g/mol. The number of hydrogen-bond acceptors (Lipinski definition) is 6. The first-order valence-electron chi connectivity index (χ1n) is 10.7. The molecule has 0 fully saturated rings. The molecule has 4 aromatic rings. The molecule has 0 spiro atoms. The Morgan fingerprint density at radius 2 is 1.35 bits per heavy atom. The van der Waals surface area contributed by atoms with Crippen LogP contribution in [0.5, 0.6) is 11.5 Å². The van der Waals surface area contributed by atoms with Gasteiger partial charge in [0, 0.05) is 6.07 Å². The highest BCUT2D eigenvalue weighted by atomic mass is 16.6. The maximum atomic E-state index is 11.2. The van der Waals surface area contributed by atoms with Crippen molar-refractivity contribution in [1.82, 2.24) is 0 Å². The van der Waals surface area contributed by atoms with Gasteiger partial charge in [-0.2, -0.15) is 5.10 Å². The van der Waals surface area contributed by atoms with Crippen molar-refractivity contribution in [3.8, 4) is 11.5 Å². The van der Waals surface area contributed by atoms with Crippen molar-refractivity contribution < 1.29 is 14.4 Å². The van der Waals surface area contributed by atoms with E-state index in [4.69, 9.17) is 9.47 Å². The van der Waals surface area contributed by atoms with Gasteiger partial charge in [0.1, 0.15) is 18.9 Å². The van der Waals surface area contributed by atoms with Gasteiger partial charge in [0.2, 0.25) is 0 Å². The van der Waals surface area contributed by atoms with Gasteiger partial charge in [0.15, 0.2) is 11.5 Å². The molecule has 0 amide bonds. The molecule has 0 aliphatic rings. The molecule has 0 radical (unpaired) electrons. The summed E-state index contributed by atoms with van der Waals surface area (Å²) in [5.41, 5.74) is 5.84. The van der Waals surface area contributed by atoms with E-state index in [1.54, 1.807) is 24.4 Å². The molecule has 7 nitrogen and oxygen atoms in total. The van der Waals surface area contributed by atoms with Crippen LogP contribution in [0.1, 0.15) is 16.7 Å². The van der Waals surface area contributed by atoms with Gasteiger partial charge in [-0.3, -0.25) is 15.5 Å². The first kappa shape index (κ1) is 22.5. The van der Waals surface area contributed by atoms with Crippen LogP contribution in [0.15, 0.2) is 108 Å². The molecule has 0 heterocycles. The quantitative estimate of drug-likeness (QED) is 0.176. The third-order valence-corrected chi connectivity index (χ3v) is 4.94. The molecular weight excluding hydrogens is 430 g/mol. The number of rotatable bonds is 10. The predicted molar refractivity (Wildman–Crippen MR) is 132 cm³/mol. The van der Waals surface area contributed by atoms with Crippen molar-refractivity contribution in [3.63, 3.8) is 0 Å². The molecule has 0 saturated heterocycles.